The summed E-state index contributed by atoms with van der Waals surface area (Å²) in [5.41, 5.74) is 1.66. The fourth-order valence-corrected chi connectivity index (χ4v) is 2.08. The lowest BCUT2D eigenvalue weighted by Crippen LogP contribution is -2.23. The lowest BCUT2D eigenvalue weighted by molar-refractivity contribution is -0.116. The van der Waals surface area contributed by atoms with Crippen molar-refractivity contribution in [2.24, 2.45) is 0 Å². The first kappa shape index (κ1) is 12.9. The molecule has 1 aliphatic carbocycles. The van der Waals surface area contributed by atoms with E-state index >= 15 is 0 Å². The van der Waals surface area contributed by atoms with Gasteiger partial charge >= 0.3 is 0 Å². The maximum Gasteiger partial charge on any atom is 0.225 e. The smallest absolute Gasteiger partial charge is 0.225 e. The van der Waals surface area contributed by atoms with Gasteiger partial charge in [-0.2, -0.15) is 5.10 Å². The van der Waals surface area contributed by atoms with Crippen LogP contribution in [-0.2, 0) is 4.79 Å². The summed E-state index contributed by atoms with van der Waals surface area (Å²) in [4.78, 5) is 12.0. The number of benzene rings is 1. The quantitative estimate of drug-likeness (QED) is 0.843. The number of aromatic nitrogens is 2. The van der Waals surface area contributed by atoms with E-state index in [0.29, 0.717) is 12.5 Å². The first-order chi connectivity index (χ1) is 9.83. The van der Waals surface area contributed by atoms with Gasteiger partial charge < -0.3 is 10.6 Å². The zero-order chi connectivity index (χ0) is 13.8. The van der Waals surface area contributed by atoms with E-state index in [9.17, 15) is 4.79 Å². The number of nitrogens with zero attached hydrogens (tertiary/aromatic N) is 2. The molecule has 0 atom stereocenters. The molecule has 1 aromatic carbocycles. The van der Waals surface area contributed by atoms with Gasteiger partial charge in [0.25, 0.3) is 0 Å². The van der Waals surface area contributed by atoms with E-state index in [0.717, 1.165) is 17.9 Å². The van der Waals surface area contributed by atoms with Gasteiger partial charge in [-0.15, -0.1) is 0 Å². The molecule has 5 heteroatoms. The normalized spacial score (nSPS) is 14.2. The lowest BCUT2D eigenvalue weighted by atomic mass is 10.2. The molecular weight excluding hydrogens is 252 g/mol. The molecule has 1 fully saturated rings. The molecule has 20 heavy (non-hydrogen) atoms. The van der Waals surface area contributed by atoms with Crippen molar-refractivity contribution in [3.8, 4) is 5.69 Å². The Labute approximate surface area is 118 Å². The van der Waals surface area contributed by atoms with Crippen LogP contribution in [0.25, 0.3) is 5.69 Å². The molecule has 2 aromatic rings. The minimum atomic E-state index is 0.0257. The van der Waals surface area contributed by atoms with Crippen molar-refractivity contribution in [2.45, 2.75) is 25.3 Å². The Balaban J connectivity index is 1.62. The molecule has 1 amide bonds. The molecule has 0 saturated heterocycles. The summed E-state index contributed by atoms with van der Waals surface area (Å²) >= 11 is 0. The SMILES string of the molecule is O=C(CCNC1CC1)Nc1ccccc1-n1cccn1. The van der Waals surface area contributed by atoms with Crippen LogP contribution in [0.2, 0.25) is 0 Å². The Hall–Kier alpha value is -2.14. The van der Waals surface area contributed by atoms with Crippen LogP contribution in [0, 0.1) is 0 Å². The number of para-hydroxylation sites is 2. The van der Waals surface area contributed by atoms with Gasteiger partial charge in [0.1, 0.15) is 0 Å². The number of carbonyl (C=O) groups excluding carboxylic acids is 1. The maximum absolute atomic E-state index is 12.0. The van der Waals surface area contributed by atoms with Crippen LogP contribution in [0.5, 0.6) is 0 Å². The van der Waals surface area contributed by atoms with Crippen LogP contribution in [-0.4, -0.2) is 28.3 Å². The van der Waals surface area contributed by atoms with Gasteiger partial charge in [-0.25, -0.2) is 4.68 Å². The summed E-state index contributed by atoms with van der Waals surface area (Å²) in [7, 11) is 0. The topological polar surface area (TPSA) is 59.0 Å². The minimum Gasteiger partial charge on any atom is -0.324 e. The number of anilines is 1. The Morgan fingerprint density at radius 2 is 2.15 bits per heavy atom. The largest absolute Gasteiger partial charge is 0.324 e. The van der Waals surface area contributed by atoms with Gasteiger partial charge in [0.05, 0.1) is 11.4 Å². The Morgan fingerprint density at radius 1 is 1.30 bits per heavy atom. The highest BCUT2D eigenvalue weighted by Crippen LogP contribution is 2.20. The second kappa shape index (κ2) is 5.88. The fourth-order valence-electron chi connectivity index (χ4n) is 2.08. The Bertz CT molecular complexity index is 575. The van der Waals surface area contributed by atoms with Crippen LogP contribution in [0.15, 0.2) is 42.7 Å². The molecular formula is C15H18N4O. The van der Waals surface area contributed by atoms with Crippen LogP contribution >= 0.6 is 0 Å². The first-order valence-electron chi connectivity index (χ1n) is 6.95. The summed E-state index contributed by atoms with van der Waals surface area (Å²) in [5, 5.41) is 10.5. The van der Waals surface area contributed by atoms with E-state index in [1.54, 1.807) is 10.9 Å². The van der Waals surface area contributed by atoms with Gasteiger partial charge in [0, 0.05) is 31.4 Å². The van der Waals surface area contributed by atoms with Crippen LogP contribution in [0.1, 0.15) is 19.3 Å². The number of nitrogens with one attached hydrogen (secondary N) is 2. The van der Waals surface area contributed by atoms with Gasteiger partial charge in [-0.05, 0) is 31.0 Å². The van der Waals surface area contributed by atoms with Gasteiger partial charge in [0.15, 0.2) is 0 Å². The molecule has 3 rings (SSSR count). The first-order valence-corrected chi connectivity index (χ1v) is 6.95. The molecule has 104 valence electrons. The molecule has 0 radical (unpaired) electrons. The Kier molecular flexibility index (Phi) is 3.78. The third-order valence-electron chi connectivity index (χ3n) is 3.29. The van der Waals surface area contributed by atoms with Crippen molar-refractivity contribution >= 4 is 11.6 Å². The number of rotatable bonds is 6. The van der Waals surface area contributed by atoms with Crippen LogP contribution < -0.4 is 10.6 Å². The highest BCUT2D eigenvalue weighted by atomic mass is 16.1. The van der Waals surface area contributed by atoms with Gasteiger partial charge in [-0.1, -0.05) is 12.1 Å². The predicted octanol–water partition coefficient (Wildman–Crippen LogP) is 1.95. The van der Waals surface area contributed by atoms with E-state index in [1.807, 2.05) is 36.5 Å². The van der Waals surface area contributed by atoms with E-state index in [-0.39, 0.29) is 5.91 Å². The van der Waals surface area contributed by atoms with E-state index in [4.69, 9.17) is 0 Å². The molecule has 1 aliphatic rings. The number of hydrogen-bond acceptors (Lipinski definition) is 3. The highest BCUT2D eigenvalue weighted by molar-refractivity contribution is 5.92. The Morgan fingerprint density at radius 3 is 2.90 bits per heavy atom. The van der Waals surface area contributed by atoms with Crippen molar-refractivity contribution in [2.75, 3.05) is 11.9 Å². The third kappa shape index (κ3) is 3.24. The standard InChI is InChI=1S/C15H18N4O/c20-15(8-10-16-12-6-7-12)18-13-4-1-2-5-14(13)19-11-3-9-17-19/h1-5,9,11-12,16H,6-8,10H2,(H,18,20). The molecule has 5 nitrogen and oxygen atoms in total. The summed E-state index contributed by atoms with van der Waals surface area (Å²) in [6, 6.07) is 10.2. The minimum absolute atomic E-state index is 0.0257. The van der Waals surface area contributed by atoms with Crippen LogP contribution in [0.3, 0.4) is 0 Å². The molecule has 0 spiro atoms. The van der Waals surface area contributed by atoms with Crippen molar-refractivity contribution in [3.63, 3.8) is 0 Å². The monoisotopic (exact) mass is 270 g/mol. The zero-order valence-electron chi connectivity index (χ0n) is 11.2. The summed E-state index contributed by atoms with van der Waals surface area (Å²) in [6.45, 7) is 0.737. The fraction of sp³-hybridized carbons (Fsp3) is 0.333. The molecule has 1 aromatic heterocycles. The third-order valence-corrected chi connectivity index (χ3v) is 3.29. The second-order valence-electron chi connectivity index (χ2n) is 4.99. The van der Waals surface area contributed by atoms with Gasteiger partial charge in [-0.3, -0.25) is 4.79 Å². The van der Waals surface area contributed by atoms with Crippen molar-refractivity contribution < 1.29 is 4.79 Å². The molecule has 1 heterocycles. The molecule has 1 saturated carbocycles. The summed E-state index contributed by atoms with van der Waals surface area (Å²) in [6.07, 6.45) is 6.55. The van der Waals surface area contributed by atoms with E-state index < -0.39 is 0 Å². The maximum atomic E-state index is 12.0. The lowest BCUT2D eigenvalue weighted by Gasteiger charge is -2.11. The van der Waals surface area contributed by atoms with Gasteiger partial charge in [0.2, 0.25) is 5.91 Å². The van der Waals surface area contributed by atoms with Crippen molar-refractivity contribution in [3.05, 3.63) is 42.7 Å². The van der Waals surface area contributed by atoms with E-state index in [2.05, 4.69) is 15.7 Å². The molecule has 0 unspecified atom stereocenters. The zero-order valence-corrected chi connectivity index (χ0v) is 11.2. The number of amides is 1. The molecule has 0 aliphatic heterocycles. The predicted molar refractivity (Wildman–Crippen MR) is 77.8 cm³/mol. The second-order valence-corrected chi connectivity index (χ2v) is 4.99. The number of hydrogen-bond donors (Lipinski definition) is 2. The number of carbonyl (C=O) groups is 1. The van der Waals surface area contributed by atoms with Crippen molar-refractivity contribution in [1.82, 2.24) is 15.1 Å². The average Bonchev–Trinajstić information content (AvgIpc) is 3.11. The van der Waals surface area contributed by atoms with E-state index in [1.165, 1.54) is 12.8 Å². The summed E-state index contributed by atoms with van der Waals surface area (Å²) < 4.78 is 1.75. The van der Waals surface area contributed by atoms with Crippen molar-refractivity contribution in [1.29, 1.82) is 0 Å². The molecule has 0 bridgehead atoms. The summed E-state index contributed by atoms with van der Waals surface area (Å²) in [5.74, 6) is 0.0257. The highest BCUT2D eigenvalue weighted by Gasteiger charge is 2.20. The van der Waals surface area contributed by atoms with Crippen LogP contribution in [0.4, 0.5) is 5.69 Å². The molecule has 2 N–H and O–H groups in total. The average molecular weight is 270 g/mol.